The largest absolute Gasteiger partial charge is 0.496 e. The number of benzene rings is 2. The molecule has 3 aliphatic rings. The van der Waals surface area contributed by atoms with Gasteiger partial charge in [0, 0.05) is 52.2 Å². The molecule has 0 spiro atoms. The topological polar surface area (TPSA) is 88.6 Å². The van der Waals surface area contributed by atoms with E-state index < -0.39 is 10.0 Å². The Balaban J connectivity index is 1.15. The van der Waals surface area contributed by atoms with Gasteiger partial charge < -0.3 is 19.1 Å². The van der Waals surface area contributed by atoms with E-state index in [2.05, 4.69) is 11.0 Å². The summed E-state index contributed by atoms with van der Waals surface area (Å²) in [5, 5.41) is 0. The Morgan fingerprint density at radius 2 is 1.69 bits per heavy atom. The number of fused-ring (bicyclic) bond motifs is 1. The molecule has 3 aliphatic heterocycles. The number of carbonyl (C=O) groups is 1. The maximum absolute atomic E-state index is 13.0. The zero-order valence-electron chi connectivity index (χ0n) is 20.6. The van der Waals surface area contributed by atoms with E-state index >= 15 is 0 Å². The van der Waals surface area contributed by atoms with E-state index in [1.165, 1.54) is 4.31 Å². The van der Waals surface area contributed by atoms with Crippen LogP contribution < -0.4 is 14.2 Å². The third kappa shape index (κ3) is 5.30. The first-order valence-electron chi connectivity index (χ1n) is 12.5. The molecule has 2 saturated heterocycles. The smallest absolute Gasteiger partial charge is 0.243 e. The summed E-state index contributed by atoms with van der Waals surface area (Å²) < 4.78 is 43.8. The highest BCUT2D eigenvalue weighted by atomic mass is 32.2. The Morgan fingerprint density at radius 1 is 0.944 bits per heavy atom. The number of piperazine rings is 1. The monoisotopic (exact) mass is 515 g/mol. The standard InChI is InChI=1S/C26H33N3O6S/c1-33-23-8-6-22(36(31,32)29-10-2-3-11-29)17-21(23)5-9-26(30)28-14-12-27(13-15-28)18-20-4-7-24-25(16-20)35-19-34-24/h4,6-8,16-17H,2-3,5,9-15,18-19H2,1H3. The molecular weight excluding hydrogens is 482 g/mol. The third-order valence-corrected chi connectivity index (χ3v) is 9.03. The summed E-state index contributed by atoms with van der Waals surface area (Å²) in [7, 11) is -1.95. The van der Waals surface area contributed by atoms with Crippen molar-refractivity contribution in [2.45, 2.75) is 37.1 Å². The van der Waals surface area contributed by atoms with Gasteiger partial charge in [-0.25, -0.2) is 8.42 Å². The number of aryl methyl sites for hydroxylation is 1. The Morgan fingerprint density at radius 3 is 2.44 bits per heavy atom. The number of nitrogens with zero attached hydrogens (tertiary/aromatic N) is 3. The number of carbonyl (C=O) groups excluding carboxylic acids is 1. The van der Waals surface area contributed by atoms with Crippen LogP contribution in [-0.2, 0) is 27.8 Å². The van der Waals surface area contributed by atoms with E-state index in [0.717, 1.165) is 55.1 Å². The van der Waals surface area contributed by atoms with Gasteiger partial charge in [0.1, 0.15) is 5.75 Å². The van der Waals surface area contributed by atoms with E-state index in [1.807, 2.05) is 17.0 Å². The SMILES string of the molecule is COc1ccc(S(=O)(=O)N2CCCC2)cc1CCC(=O)N1CCN(Cc2ccc3c(c2)OCO3)CC1. The second kappa shape index (κ2) is 10.7. The van der Waals surface area contributed by atoms with Gasteiger partial charge in [-0.1, -0.05) is 6.07 Å². The molecule has 0 bridgehead atoms. The minimum absolute atomic E-state index is 0.0765. The molecule has 1 amide bonds. The molecule has 36 heavy (non-hydrogen) atoms. The fourth-order valence-electron chi connectivity index (χ4n) is 5.04. The fourth-order valence-corrected chi connectivity index (χ4v) is 6.61. The van der Waals surface area contributed by atoms with Gasteiger partial charge in [0.15, 0.2) is 11.5 Å². The second-order valence-corrected chi connectivity index (χ2v) is 11.4. The van der Waals surface area contributed by atoms with Gasteiger partial charge in [0.25, 0.3) is 0 Å². The first kappa shape index (κ1) is 24.9. The van der Waals surface area contributed by atoms with Crippen molar-refractivity contribution < 1.29 is 27.4 Å². The van der Waals surface area contributed by atoms with E-state index in [1.54, 1.807) is 25.3 Å². The molecular formula is C26H33N3O6S. The molecule has 10 heteroatoms. The van der Waals surface area contributed by atoms with Crippen LogP contribution in [-0.4, -0.2) is 81.6 Å². The highest BCUT2D eigenvalue weighted by Crippen LogP contribution is 2.33. The number of hydrogen-bond acceptors (Lipinski definition) is 7. The number of hydrogen-bond donors (Lipinski definition) is 0. The van der Waals surface area contributed by atoms with Gasteiger partial charge in [-0.15, -0.1) is 0 Å². The predicted molar refractivity (Wildman–Crippen MR) is 134 cm³/mol. The predicted octanol–water partition coefficient (Wildman–Crippen LogP) is 2.49. The molecule has 2 aromatic carbocycles. The van der Waals surface area contributed by atoms with Crippen molar-refractivity contribution >= 4 is 15.9 Å². The lowest BCUT2D eigenvalue weighted by atomic mass is 10.1. The Hall–Kier alpha value is -2.82. The van der Waals surface area contributed by atoms with E-state index in [9.17, 15) is 13.2 Å². The highest BCUT2D eigenvalue weighted by Gasteiger charge is 2.28. The van der Waals surface area contributed by atoms with Crippen molar-refractivity contribution in [3.8, 4) is 17.2 Å². The number of rotatable bonds is 8. The molecule has 0 atom stereocenters. The van der Waals surface area contributed by atoms with Crippen LogP contribution in [0.2, 0.25) is 0 Å². The lowest BCUT2D eigenvalue weighted by molar-refractivity contribution is -0.133. The molecule has 0 aromatic heterocycles. The molecule has 0 radical (unpaired) electrons. The number of ether oxygens (including phenoxy) is 3. The summed E-state index contributed by atoms with van der Waals surface area (Å²) >= 11 is 0. The molecule has 5 rings (SSSR count). The summed E-state index contributed by atoms with van der Waals surface area (Å²) in [6, 6.07) is 11.0. The zero-order valence-corrected chi connectivity index (χ0v) is 21.5. The van der Waals surface area contributed by atoms with Crippen molar-refractivity contribution in [3.63, 3.8) is 0 Å². The zero-order chi connectivity index (χ0) is 25.1. The average molecular weight is 516 g/mol. The summed E-state index contributed by atoms with van der Waals surface area (Å²) in [5.41, 5.74) is 1.91. The molecule has 2 aromatic rings. The first-order valence-corrected chi connectivity index (χ1v) is 13.9. The van der Waals surface area contributed by atoms with Gasteiger partial charge in [-0.2, -0.15) is 4.31 Å². The maximum Gasteiger partial charge on any atom is 0.243 e. The van der Waals surface area contributed by atoms with Crippen LogP contribution in [0.4, 0.5) is 0 Å². The molecule has 3 heterocycles. The van der Waals surface area contributed by atoms with Gasteiger partial charge in [-0.3, -0.25) is 9.69 Å². The van der Waals surface area contributed by atoms with Crippen LogP contribution in [0.5, 0.6) is 17.2 Å². The Bertz CT molecular complexity index is 1200. The first-order chi connectivity index (χ1) is 17.4. The third-order valence-electron chi connectivity index (χ3n) is 7.13. The molecule has 0 unspecified atom stereocenters. The number of sulfonamides is 1. The van der Waals surface area contributed by atoms with Crippen molar-refractivity contribution in [3.05, 3.63) is 47.5 Å². The Labute approximate surface area is 212 Å². The van der Waals surface area contributed by atoms with Crippen molar-refractivity contribution in [1.29, 1.82) is 0 Å². The molecule has 9 nitrogen and oxygen atoms in total. The van der Waals surface area contributed by atoms with Crippen LogP contribution in [0, 0.1) is 0 Å². The van der Waals surface area contributed by atoms with Crippen molar-refractivity contribution in [1.82, 2.24) is 14.1 Å². The van der Waals surface area contributed by atoms with Crippen molar-refractivity contribution in [2.75, 3.05) is 53.2 Å². The van der Waals surface area contributed by atoms with E-state index in [-0.39, 0.29) is 17.6 Å². The van der Waals surface area contributed by atoms with Crippen LogP contribution in [0.1, 0.15) is 30.4 Å². The number of amides is 1. The van der Waals surface area contributed by atoms with Crippen molar-refractivity contribution in [2.24, 2.45) is 0 Å². The fraction of sp³-hybridized carbons (Fsp3) is 0.500. The summed E-state index contributed by atoms with van der Waals surface area (Å²) in [6.07, 6.45) is 2.52. The quantitative estimate of drug-likeness (QED) is 0.534. The van der Waals surface area contributed by atoms with E-state index in [0.29, 0.717) is 44.8 Å². The molecule has 2 fully saturated rings. The molecule has 194 valence electrons. The lowest BCUT2D eigenvalue weighted by Gasteiger charge is -2.35. The highest BCUT2D eigenvalue weighted by molar-refractivity contribution is 7.89. The van der Waals surface area contributed by atoms with Gasteiger partial charge in [0.2, 0.25) is 22.7 Å². The maximum atomic E-state index is 13.0. The minimum Gasteiger partial charge on any atom is -0.496 e. The number of methoxy groups -OCH3 is 1. The van der Waals surface area contributed by atoms with Crippen LogP contribution in [0.25, 0.3) is 0 Å². The minimum atomic E-state index is -3.52. The Kier molecular flexibility index (Phi) is 7.36. The average Bonchev–Trinajstić information content (AvgIpc) is 3.60. The summed E-state index contributed by atoms with van der Waals surface area (Å²) in [6.45, 7) is 5.12. The van der Waals surface area contributed by atoms with Gasteiger partial charge in [0.05, 0.1) is 12.0 Å². The summed E-state index contributed by atoms with van der Waals surface area (Å²) in [4.78, 5) is 17.5. The summed E-state index contributed by atoms with van der Waals surface area (Å²) in [5.74, 6) is 2.25. The second-order valence-electron chi connectivity index (χ2n) is 9.43. The normalized spacial score (nSPS) is 18.5. The van der Waals surface area contributed by atoms with Crippen LogP contribution in [0.15, 0.2) is 41.3 Å². The van der Waals surface area contributed by atoms with Crippen LogP contribution >= 0.6 is 0 Å². The molecule has 0 N–H and O–H groups in total. The van der Waals surface area contributed by atoms with Crippen LogP contribution in [0.3, 0.4) is 0 Å². The van der Waals surface area contributed by atoms with Gasteiger partial charge >= 0.3 is 0 Å². The van der Waals surface area contributed by atoms with E-state index in [4.69, 9.17) is 14.2 Å². The molecule has 0 saturated carbocycles. The molecule has 0 aliphatic carbocycles. The van der Waals surface area contributed by atoms with Gasteiger partial charge in [-0.05, 0) is 60.7 Å². The lowest BCUT2D eigenvalue weighted by Crippen LogP contribution is -2.48.